The van der Waals surface area contributed by atoms with E-state index in [9.17, 15) is 19.8 Å². The van der Waals surface area contributed by atoms with Gasteiger partial charge in [-0.25, -0.2) is 4.79 Å². The Balaban J connectivity index is 2.40. The molecule has 1 aromatic rings. The van der Waals surface area contributed by atoms with E-state index in [1.807, 2.05) is 0 Å². The predicted octanol–water partition coefficient (Wildman–Crippen LogP) is -2.07. The van der Waals surface area contributed by atoms with Crippen LogP contribution < -0.4 is 11.2 Å². The largest absolute Gasteiger partial charge is 0.394 e. The van der Waals surface area contributed by atoms with E-state index in [1.165, 1.54) is 6.20 Å². The fourth-order valence-electron chi connectivity index (χ4n) is 2.11. The van der Waals surface area contributed by atoms with Crippen LogP contribution in [0.15, 0.2) is 15.8 Å². The number of aliphatic hydroxyl groups excluding tert-OH is 3. The highest BCUT2D eigenvalue weighted by molar-refractivity contribution is 6.17. The number of aromatic nitrogens is 2. The Kier molecular flexibility index (Phi) is 4.61. The summed E-state index contributed by atoms with van der Waals surface area (Å²) in [7, 11) is 0. The van der Waals surface area contributed by atoms with Crippen LogP contribution in [0.2, 0.25) is 0 Å². The summed E-state index contributed by atoms with van der Waals surface area (Å²) in [6.07, 6.45) is -3.40. The molecule has 2 heterocycles. The second-order valence-corrected chi connectivity index (χ2v) is 4.87. The van der Waals surface area contributed by atoms with Gasteiger partial charge in [0.15, 0.2) is 6.23 Å². The average molecular weight is 307 g/mol. The molecular formula is C11H15ClN2O6. The number of hydrogen-bond donors (Lipinski definition) is 4. The minimum atomic E-state index is -1.39. The predicted molar refractivity (Wildman–Crippen MR) is 68.8 cm³/mol. The Morgan fingerprint density at radius 2 is 2.05 bits per heavy atom. The second kappa shape index (κ2) is 6.06. The molecule has 1 aromatic heterocycles. The second-order valence-electron chi connectivity index (χ2n) is 4.49. The molecule has 0 saturated carbocycles. The molecule has 9 heteroatoms. The van der Waals surface area contributed by atoms with E-state index in [2.05, 4.69) is 4.98 Å². The van der Waals surface area contributed by atoms with Crippen molar-refractivity contribution in [2.45, 2.75) is 31.0 Å². The molecule has 0 aliphatic carbocycles. The van der Waals surface area contributed by atoms with Crippen LogP contribution in [-0.2, 0) is 11.2 Å². The van der Waals surface area contributed by atoms with Gasteiger partial charge in [0.05, 0.1) is 6.61 Å². The number of halogens is 1. The lowest BCUT2D eigenvalue weighted by atomic mass is 10.1. The van der Waals surface area contributed by atoms with Crippen LogP contribution >= 0.6 is 11.6 Å². The molecule has 0 spiro atoms. The molecule has 0 bridgehead atoms. The number of nitrogens with zero attached hydrogens (tertiary/aromatic N) is 1. The Morgan fingerprint density at radius 1 is 1.35 bits per heavy atom. The topological polar surface area (TPSA) is 125 Å². The lowest BCUT2D eigenvalue weighted by molar-refractivity contribution is -0.0551. The summed E-state index contributed by atoms with van der Waals surface area (Å²) in [5.74, 6) is 0.192. The molecule has 112 valence electrons. The van der Waals surface area contributed by atoms with E-state index < -0.39 is 42.4 Å². The summed E-state index contributed by atoms with van der Waals surface area (Å²) >= 11 is 5.56. The number of nitrogens with one attached hydrogen (secondary N) is 1. The third-order valence-corrected chi connectivity index (χ3v) is 3.39. The maximum Gasteiger partial charge on any atom is 0.330 e. The summed E-state index contributed by atoms with van der Waals surface area (Å²) in [5.41, 5.74) is -1.07. The van der Waals surface area contributed by atoms with Crippen molar-refractivity contribution in [1.82, 2.24) is 9.55 Å². The fraction of sp³-hybridized carbons (Fsp3) is 0.636. The van der Waals surface area contributed by atoms with Gasteiger partial charge in [-0.05, 0) is 6.42 Å². The molecule has 4 N–H and O–H groups in total. The van der Waals surface area contributed by atoms with Gasteiger partial charge in [-0.2, -0.15) is 0 Å². The first kappa shape index (κ1) is 15.2. The van der Waals surface area contributed by atoms with Crippen molar-refractivity contribution in [1.29, 1.82) is 0 Å². The van der Waals surface area contributed by atoms with Gasteiger partial charge in [0.25, 0.3) is 5.56 Å². The van der Waals surface area contributed by atoms with Crippen LogP contribution in [0.3, 0.4) is 0 Å². The van der Waals surface area contributed by atoms with Crippen molar-refractivity contribution in [2.75, 3.05) is 12.5 Å². The van der Waals surface area contributed by atoms with Crippen molar-refractivity contribution in [3.8, 4) is 0 Å². The number of aliphatic hydroxyl groups is 3. The minimum absolute atomic E-state index is 0.192. The van der Waals surface area contributed by atoms with Crippen LogP contribution in [0.1, 0.15) is 11.8 Å². The van der Waals surface area contributed by atoms with E-state index in [4.69, 9.17) is 21.4 Å². The molecule has 8 nitrogen and oxygen atoms in total. The summed E-state index contributed by atoms with van der Waals surface area (Å²) in [6, 6.07) is 0. The lowest BCUT2D eigenvalue weighted by Gasteiger charge is -2.17. The maximum atomic E-state index is 11.8. The third-order valence-electron chi connectivity index (χ3n) is 3.20. The molecule has 4 atom stereocenters. The van der Waals surface area contributed by atoms with E-state index in [0.29, 0.717) is 0 Å². The monoisotopic (exact) mass is 306 g/mol. The fourth-order valence-corrected chi connectivity index (χ4v) is 2.31. The number of alkyl halides is 1. The van der Waals surface area contributed by atoms with Gasteiger partial charge >= 0.3 is 5.69 Å². The van der Waals surface area contributed by atoms with Crippen LogP contribution in [0.5, 0.6) is 0 Å². The SMILES string of the molecule is O=c1[nH]c(=O)n(C2OC(CO)C(O)C2O)cc1CCCl. The van der Waals surface area contributed by atoms with Crippen molar-refractivity contribution in [3.05, 3.63) is 32.6 Å². The Hall–Kier alpha value is -1.19. The minimum Gasteiger partial charge on any atom is -0.394 e. The number of H-pyrrole nitrogens is 1. The van der Waals surface area contributed by atoms with Gasteiger partial charge < -0.3 is 20.1 Å². The zero-order valence-electron chi connectivity index (χ0n) is 10.4. The Morgan fingerprint density at radius 3 is 2.60 bits per heavy atom. The highest BCUT2D eigenvalue weighted by atomic mass is 35.5. The first-order valence-electron chi connectivity index (χ1n) is 6.02. The van der Waals surface area contributed by atoms with E-state index in [-0.39, 0.29) is 17.9 Å². The molecule has 0 radical (unpaired) electrons. The first-order valence-corrected chi connectivity index (χ1v) is 6.55. The molecule has 1 aliphatic rings. The Labute approximate surface area is 118 Å². The number of hydrogen-bond acceptors (Lipinski definition) is 6. The van der Waals surface area contributed by atoms with Crippen molar-refractivity contribution < 1.29 is 20.1 Å². The molecule has 20 heavy (non-hydrogen) atoms. The van der Waals surface area contributed by atoms with Gasteiger partial charge in [0.1, 0.15) is 18.3 Å². The van der Waals surface area contributed by atoms with Gasteiger partial charge in [-0.15, -0.1) is 11.6 Å². The molecule has 1 aliphatic heterocycles. The van der Waals surface area contributed by atoms with Gasteiger partial charge in [0, 0.05) is 17.6 Å². The lowest BCUT2D eigenvalue weighted by Crippen LogP contribution is -2.39. The number of rotatable bonds is 4. The van der Waals surface area contributed by atoms with Gasteiger partial charge in [-0.3, -0.25) is 14.3 Å². The third kappa shape index (κ3) is 2.65. The molecule has 0 amide bonds. The standard InChI is InChI=1S/C11H15ClN2O6/c12-2-1-5-3-14(11(19)13-9(5)18)10-8(17)7(16)6(4-15)20-10/h3,6-8,10,15-17H,1-2,4H2,(H,13,18,19). The highest BCUT2D eigenvalue weighted by Gasteiger charge is 2.43. The quantitative estimate of drug-likeness (QED) is 0.474. The molecule has 2 rings (SSSR count). The van der Waals surface area contributed by atoms with E-state index in [0.717, 1.165) is 4.57 Å². The van der Waals surface area contributed by atoms with Crippen LogP contribution in [-0.4, -0.2) is 55.7 Å². The first-order chi connectivity index (χ1) is 9.49. The zero-order chi connectivity index (χ0) is 14.9. The number of aromatic amines is 1. The summed E-state index contributed by atoms with van der Waals surface area (Å²) in [6.45, 7) is -0.499. The van der Waals surface area contributed by atoms with Crippen LogP contribution in [0.4, 0.5) is 0 Å². The smallest absolute Gasteiger partial charge is 0.330 e. The summed E-state index contributed by atoms with van der Waals surface area (Å²) in [5, 5.41) is 28.5. The molecule has 0 aromatic carbocycles. The van der Waals surface area contributed by atoms with E-state index >= 15 is 0 Å². The molecule has 4 unspecified atom stereocenters. The number of ether oxygens (including phenoxy) is 1. The van der Waals surface area contributed by atoms with Crippen molar-refractivity contribution in [3.63, 3.8) is 0 Å². The summed E-state index contributed by atoms with van der Waals surface area (Å²) in [4.78, 5) is 25.4. The molecular weight excluding hydrogens is 292 g/mol. The van der Waals surface area contributed by atoms with Crippen molar-refractivity contribution >= 4 is 11.6 Å². The molecule has 1 fully saturated rings. The normalized spacial score (nSPS) is 29.8. The summed E-state index contributed by atoms with van der Waals surface area (Å²) < 4.78 is 6.21. The maximum absolute atomic E-state index is 11.8. The van der Waals surface area contributed by atoms with E-state index in [1.54, 1.807) is 0 Å². The van der Waals surface area contributed by atoms with Crippen molar-refractivity contribution in [2.24, 2.45) is 0 Å². The highest BCUT2D eigenvalue weighted by Crippen LogP contribution is 2.27. The van der Waals surface area contributed by atoms with Crippen LogP contribution in [0, 0.1) is 0 Å². The molecule has 1 saturated heterocycles. The zero-order valence-corrected chi connectivity index (χ0v) is 11.2. The van der Waals surface area contributed by atoms with Gasteiger partial charge in [0.2, 0.25) is 0 Å². The van der Waals surface area contributed by atoms with Crippen LogP contribution in [0.25, 0.3) is 0 Å². The Bertz CT molecular complexity index is 585. The average Bonchev–Trinajstić information content (AvgIpc) is 2.70. The number of aryl methyl sites for hydroxylation is 1. The van der Waals surface area contributed by atoms with Gasteiger partial charge in [-0.1, -0.05) is 0 Å².